The van der Waals surface area contributed by atoms with Crippen LogP contribution in [0, 0.1) is 13.8 Å². The van der Waals surface area contributed by atoms with Gasteiger partial charge in [0.2, 0.25) is 0 Å². The maximum Gasteiger partial charge on any atom is 0.120 e. The molecule has 0 saturated heterocycles. The lowest BCUT2D eigenvalue weighted by molar-refractivity contribution is 1.07. The van der Waals surface area contributed by atoms with Crippen LogP contribution in [0.1, 0.15) is 16.8 Å². The van der Waals surface area contributed by atoms with Crippen molar-refractivity contribution in [2.45, 2.75) is 24.6 Å². The molecule has 3 heteroatoms. The average Bonchev–Trinajstić information content (AvgIpc) is 2.32. The number of hydrogen-bond donors (Lipinski definition) is 1. The van der Waals surface area contributed by atoms with Gasteiger partial charge in [0.15, 0.2) is 0 Å². The molecule has 0 atom stereocenters. The molecular weight excluding hydrogens is 228 g/mol. The first kappa shape index (κ1) is 12.0. The number of aryl methyl sites for hydroxylation is 2. The fourth-order valence-electron chi connectivity index (χ4n) is 1.58. The fraction of sp³-hybridized carbons (Fsp3) is 0.214. The monoisotopic (exact) mass is 244 g/mol. The van der Waals surface area contributed by atoms with Gasteiger partial charge >= 0.3 is 0 Å². The topological polar surface area (TPSA) is 38.9 Å². The molecule has 1 aromatic heterocycles. The molecule has 1 aromatic carbocycles. The second kappa shape index (κ2) is 5.23. The molecule has 0 bridgehead atoms. The Morgan fingerprint density at radius 2 is 1.88 bits per heavy atom. The lowest BCUT2D eigenvalue weighted by Crippen LogP contribution is -1.94. The summed E-state index contributed by atoms with van der Waals surface area (Å²) in [6, 6.07) is 12.3. The highest BCUT2D eigenvalue weighted by atomic mass is 32.2. The summed E-state index contributed by atoms with van der Waals surface area (Å²) in [6.45, 7) is 4.11. The zero-order chi connectivity index (χ0) is 12.3. The summed E-state index contributed by atoms with van der Waals surface area (Å²) < 4.78 is 0. The minimum Gasteiger partial charge on any atom is -0.397 e. The number of rotatable bonds is 3. The first-order valence-corrected chi connectivity index (χ1v) is 6.56. The molecule has 0 spiro atoms. The van der Waals surface area contributed by atoms with Gasteiger partial charge in [0.1, 0.15) is 5.03 Å². The van der Waals surface area contributed by atoms with Crippen molar-refractivity contribution in [3.8, 4) is 0 Å². The third-order valence-corrected chi connectivity index (χ3v) is 3.71. The SMILES string of the molecule is Cc1ccc(N)c(SCc2ccccc2C)n1. The van der Waals surface area contributed by atoms with Gasteiger partial charge in [0.05, 0.1) is 5.69 Å². The van der Waals surface area contributed by atoms with Gasteiger partial charge < -0.3 is 5.73 Å². The second-order valence-electron chi connectivity index (χ2n) is 4.06. The quantitative estimate of drug-likeness (QED) is 0.839. The summed E-state index contributed by atoms with van der Waals surface area (Å²) >= 11 is 1.69. The summed E-state index contributed by atoms with van der Waals surface area (Å²) in [5, 5.41) is 0.924. The molecule has 0 radical (unpaired) electrons. The number of anilines is 1. The van der Waals surface area contributed by atoms with E-state index < -0.39 is 0 Å². The van der Waals surface area contributed by atoms with Gasteiger partial charge in [-0.3, -0.25) is 0 Å². The van der Waals surface area contributed by atoms with Crippen LogP contribution in [0.25, 0.3) is 0 Å². The number of aromatic nitrogens is 1. The molecule has 0 amide bonds. The predicted octanol–water partition coefficient (Wildman–Crippen LogP) is 3.57. The third-order valence-electron chi connectivity index (χ3n) is 2.65. The molecule has 0 saturated carbocycles. The number of nitrogen functional groups attached to an aromatic ring is 1. The van der Waals surface area contributed by atoms with E-state index in [2.05, 4.69) is 36.2 Å². The van der Waals surface area contributed by atoms with E-state index in [1.165, 1.54) is 11.1 Å². The molecule has 88 valence electrons. The lowest BCUT2D eigenvalue weighted by Gasteiger charge is -2.07. The van der Waals surface area contributed by atoms with E-state index in [1.807, 2.05) is 19.1 Å². The van der Waals surface area contributed by atoms with Crippen molar-refractivity contribution in [1.29, 1.82) is 0 Å². The van der Waals surface area contributed by atoms with Crippen LogP contribution in [-0.4, -0.2) is 4.98 Å². The van der Waals surface area contributed by atoms with Crippen molar-refractivity contribution in [2.24, 2.45) is 0 Å². The smallest absolute Gasteiger partial charge is 0.120 e. The number of benzene rings is 1. The molecule has 0 unspecified atom stereocenters. The van der Waals surface area contributed by atoms with Gasteiger partial charge in [0, 0.05) is 11.4 Å². The van der Waals surface area contributed by atoms with E-state index in [-0.39, 0.29) is 0 Å². The highest BCUT2D eigenvalue weighted by molar-refractivity contribution is 7.98. The average molecular weight is 244 g/mol. The van der Waals surface area contributed by atoms with Crippen molar-refractivity contribution in [1.82, 2.24) is 4.98 Å². The molecule has 17 heavy (non-hydrogen) atoms. The van der Waals surface area contributed by atoms with Gasteiger partial charge in [-0.05, 0) is 37.1 Å². The molecule has 0 aliphatic carbocycles. The van der Waals surface area contributed by atoms with Gasteiger partial charge in [0.25, 0.3) is 0 Å². The van der Waals surface area contributed by atoms with E-state index in [0.29, 0.717) is 0 Å². The van der Waals surface area contributed by atoms with Gasteiger partial charge in [-0.15, -0.1) is 0 Å². The minimum absolute atomic E-state index is 0.759. The summed E-state index contributed by atoms with van der Waals surface area (Å²) in [5.74, 6) is 0.910. The summed E-state index contributed by atoms with van der Waals surface area (Å²) in [7, 11) is 0. The second-order valence-corrected chi connectivity index (χ2v) is 5.03. The Hall–Kier alpha value is -1.48. The number of thioether (sulfide) groups is 1. The fourth-order valence-corrected chi connectivity index (χ4v) is 2.64. The maximum absolute atomic E-state index is 5.91. The zero-order valence-electron chi connectivity index (χ0n) is 10.1. The van der Waals surface area contributed by atoms with Crippen LogP contribution >= 0.6 is 11.8 Å². The number of pyridine rings is 1. The summed E-state index contributed by atoms with van der Waals surface area (Å²) in [5.41, 5.74) is 10.3. The van der Waals surface area contributed by atoms with Crippen molar-refractivity contribution >= 4 is 17.4 Å². The van der Waals surface area contributed by atoms with Crippen LogP contribution in [0.3, 0.4) is 0 Å². The number of nitrogens with two attached hydrogens (primary N) is 1. The Morgan fingerprint density at radius 1 is 1.12 bits per heavy atom. The highest BCUT2D eigenvalue weighted by Crippen LogP contribution is 2.27. The largest absolute Gasteiger partial charge is 0.397 e. The minimum atomic E-state index is 0.759. The van der Waals surface area contributed by atoms with E-state index in [0.717, 1.165) is 22.2 Å². The Bertz CT molecular complexity index is 523. The third kappa shape index (κ3) is 3.01. The molecule has 0 aliphatic heterocycles. The van der Waals surface area contributed by atoms with E-state index in [1.54, 1.807) is 11.8 Å². The molecule has 2 aromatic rings. The Labute approximate surface area is 106 Å². The van der Waals surface area contributed by atoms with Gasteiger partial charge in [-0.1, -0.05) is 36.0 Å². The van der Waals surface area contributed by atoms with Crippen LogP contribution < -0.4 is 5.73 Å². The standard InChI is InChI=1S/C14H16N2S/c1-10-5-3-4-6-12(10)9-17-14-13(15)8-7-11(2)16-14/h3-8H,9,15H2,1-2H3. The van der Waals surface area contributed by atoms with Crippen molar-refractivity contribution in [3.63, 3.8) is 0 Å². The Balaban J connectivity index is 2.12. The van der Waals surface area contributed by atoms with Crippen LogP contribution in [0.2, 0.25) is 0 Å². The van der Waals surface area contributed by atoms with Crippen molar-refractivity contribution < 1.29 is 0 Å². The predicted molar refractivity (Wildman–Crippen MR) is 74.1 cm³/mol. The molecule has 2 N–H and O–H groups in total. The molecule has 2 nitrogen and oxygen atoms in total. The van der Waals surface area contributed by atoms with E-state index >= 15 is 0 Å². The van der Waals surface area contributed by atoms with Gasteiger partial charge in [-0.2, -0.15) is 0 Å². The van der Waals surface area contributed by atoms with Crippen LogP contribution in [-0.2, 0) is 5.75 Å². The van der Waals surface area contributed by atoms with Crippen LogP contribution in [0.4, 0.5) is 5.69 Å². The van der Waals surface area contributed by atoms with E-state index in [4.69, 9.17) is 5.73 Å². The van der Waals surface area contributed by atoms with Crippen LogP contribution in [0.15, 0.2) is 41.4 Å². The highest BCUT2D eigenvalue weighted by Gasteiger charge is 2.04. The number of nitrogens with zero attached hydrogens (tertiary/aromatic N) is 1. The van der Waals surface area contributed by atoms with Crippen molar-refractivity contribution in [2.75, 3.05) is 5.73 Å². The zero-order valence-corrected chi connectivity index (χ0v) is 10.9. The molecule has 0 fully saturated rings. The van der Waals surface area contributed by atoms with E-state index in [9.17, 15) is 0 Å². The molecular formula is C14H16N2S. The first-order chi connectivity index (χ1) is 8.16. The molecule has 1 heterocycles. The normalized spacial score (nSPS) is 10.5. The van der Waals surface area contributed by atoms with Crippen molar-refractivity contribution in [3.05, 3.63) is 53.2 Å². The first-order valence-electron chi connectivity index (χ1n) is 5.57. The number of hydrogen-bond acceptors (Lipinski definition) is 3. The molecule has 0 aliphatic rings. The Kier molecular flexibility index (Phi) is 3.69. The summed E-state index contributed by atoms with van der Waals surface area (Å²) in [6.07, 6.45) is 0. The maximum atomic E-state index is 5.91. The van der Waals surface area contributed by atoms with Gasteiger partial charge in [-0.25, -0.2) is 4.98 Å². The van der Waals surface area contributed by atoms with Crippen LogP contribution in [0.5, 0.6) is 0 Å². The molecule has 2 rings (SSSR count). The lowest BCUT2D eigenvalue weighted by atomic mass is 10.1. The summed E-state index contributed by atoms with van der Waals surface area (Å²) in [4.78, 5) is 4.46. The Morgan fingerprint density at radius 3 is 2.65 bits per heavy atom.